The number of halogens is 1. The molecule has 5 nitrogen and oxygen atoms in total. The second kappa shape index (κ2) is 8.15. The highest BCUT2D eigenvalue weighted by Crippen LogP contribution is 2.27. The standard InChI is InChI=1S/C22H18ClN3O2/c23-17-11-20(22(24)25-13-17)21-12-19(28-26-21)10-15-6-8-18(9-7-15)27-14-16-4-2-1-3-5-16/h1-9,11-13H,10,14H2,(H2,24,25). The highest BCUT2D eigenvalue weighted by atomic mass is 35.5. The number of nitrogens with two attached hydrogens (primary N) is 1. The number of nitrogens with zero attached hydrogens (tertiary/aromatic N) is 2. The van der Waals surface area contributed by atoms with Crippen LogP contribution in [0.15, 0.2) is 77.4 Å². The van der Waals surface area contributed by atoms with E-state index >= 15 is 0 Å². The topological polar surface area (TPSA) is 74.2 Å². The van der Waals surface area contributed by atoms with Gasteiger partial charge in [0.2, 0.25) is 0 Å². The third-order valence-electron chi connectivity index (χ3n) is 4.27. The van der Waals surface area contributed by atoms with Crippen LogP contribution in [0.4, 0.5) is 5.82 Å². The van der Waals surface area contributed by atoms with Crippen molar-refractivity contribution in [3.8, 4) is 17.0 Å². The predicted molar refractivity (Wildman–Crippen MR) is 109 cm³/mol. The molecule has 6 heteroatoms. The summed E-state index contributed by atoms with van der Waals surface area (Å²) in [4.78, 5) is 4.05. The third kappa shape index (κ3) is 4.32. The van der Waals surface area contributed by atoms with Crippen LogP contribution in [-0.2, 0) is 13.0 Å². The maximum absolute atomic E-state index is 5.99. The van der Waals surface area contributed by atoms with E-state index < -0.39 is 0 Å². The van der Waals surface area contributed by atoms with Gasteiger partial charge in [0.25, 0.3) is 0 Å². The number of rotatable bonds is 6. The van der Waals surface area contributed by atoms with Crippen LogP contribution in [0.25, 0.3) is 11.3 Å². The van der Waals surface area contributed by atoms with Crippen molar-refractivity contribution in [2.75, 3.05) is 5.73 Å². The first-order valence-electron chi connectivity index (χ1n) is 8.80. The lowest BCUT2D eigenvalue weighted by Crippen LogP contribution is -1.95. The van der Waals surface area contributed by atoms with Gasteiger partial charge in [-0.1, -0.05) is 59.2 Å². The van der Waals surface area contributed by atoms with Gasteiger partial charge in [0.05, 0.1) is 5.02 Å². The van der Waals surface area contributed by atoms with E-state index in [1.165, 1.54) is 6.20 Å². The lowest BCUT2D eigenvalue weighted by molar-refractivity contribution is 0.306. The monoisotopic (exact) mass is 391 g/mol. The van der Waals surface area contributed by atoms with Crippen molar-refractivity contribution in [3.05, 3.63) is 94.8 Å². The fourth-order valence-corrected chi connectivity index (χ4v) is 2.98. The van der Waals surface area contributed by atoms with Gasteiger partial charge < -0.3 is 15.0 Å². The molecule has 0 atom stereocenters. The van der Waals surface area contributed by atoms with Gasteiger partial charge in [-0.3, -0.25) is 0 Å². The Morgan fingerprint density at radius 3 is 2.54 bits per heavy atom. The highest BCUT2D eigenvalue weighted by molar-refractivity contribution is 6.30. The molecule has 4 rings (SSSR count). The zero-order valence-corrected chi connectivity index (χ0v) is 15.8. The van der Waals surface area contributed by atoms with Crippen molar-refractivity contribution in [2.24, 2.45) is 0 Å². The molecule has 28 heavy (non-hydrogen) atoms. The third-order valence-corrected chi connectivity index (χ3v) is 4.48. The molecule has 0 aliphatic rings. The molecule has 4 aromatic rings. The van der Waals surface area contributed by atoms with Gasteiger partial charge in [-0.25, -0.2) is 4.98 Å². The first-order valence-corrected chi connectivity index (χ1v) is 9.18. The number of anilines is 1. The molecule has 0 bridgehead atoms. The Morgan fingerprint density at radius 1 is 0.964 bits per heavy atom. The Kier molecular flexibility index (Phi) is 5.26. The predicted octanol–water partition coefficient (Wildman–Crippen LogP) is 5.14. The maximum Gasteiger partial charge on any atom is 0.141 e. The van der Waals surface area contributed by atoms with Crippen LogP contribution >= 0.6 is 11.6 Å². The van der Waals surface area contributed by atoms with Crippen LogP contribution in [0.2, 0.25) is 5.02 Å². The van der Waals surface area contributed by atoms with Crippen molar-refractivity contribution in [2.45, 2.75) is 13.0 Å². The van der Waals surface area contributed by atoms with Crippen LogP contribution < -0.4 is 10.5 Å². The molecule has 140 valence electrons. The molecular formula is C22H18ClN3O2. The molecule has 2 aromatic carbocycles. The van der Waals surface area contributed by atoms with E-state index in [0.717, 1.165) is 22.6 Å². The maximum atomic E-state index is 5.99. The van der Waals surface area contributed by atoms with E-state index in [0.29, 0.717) is 35.1 Å². The molecule has 0 fully saturated rings. The summed E-state index contributed by atoms with van der Waals surface area (Å²) < 4.78 is 11.3. The molecule has 0 spiro atoms. The minimum Gasteiger partial charge on any atom is -0.489 e. The van der Waals surface area contributed by atoms with Crippen LogP contribution in [0.1, 0.15) is 16.9 Å². The van der Waals surface area contributed by atoms with Crippen molar-refractivity contribution in [1.29, 1.82) is 0 Å². The largest absolute Gasteiger partial charge is 0.489 e. The van der Waals surface area contributed by atoms with E-state index in [4.69, 9.17) is 26.6 Å². The number of hydrogen-bond acceptors (Lipinski definition) is 5. The molecular weight excluding hydrogens is 374 g/mol. The van der Waals surface area contributed by atoms with Gasteiger partial charge in [-0.2, -0.15) is 0 Å². The normalized spacial score (nSPS) is 10.8. The molecule has 0 radical (unpaired) electrons. The first kappa shape index (κ1) is 18.1. The summed E-state index contributed by atoms with van der Waals surface area (Å²) in [6.45, 7) is 0.542. The SMILES string of the molecule is Nc1ncc(Cl)cc1-c1cc(Cc2ccc(OCc3ccccc3)cc2)on1. The first-order chi connectivity index (χ1) is 13.7. The summed E-state index contributed by atoms with van der Waals surface area (Å²) in [6.07, 6.45) is 2.11. The van der Waals surface area contributed by atoms with E-state index in [1.54, 1.807) is 6.07 Å². The number of ether oxygens (including phenoxy) is 1. The van der Waals surface area contributed by atoms with Crippen LogP contribution in [0.3, 0.4) is 0 Å². The van der Waals surface area contributed by atoms with E-state index in [2.05, 4.69) is 10.1 Å². The Morgan fingerprint density at radius 2 is 1.75 bits per heavy atom. The Labute approximate surface area is 167 Å². The number of hydrogen-bond donors (Lipinski definition) is 1. The van der Waals surface area contributed by atoms with Crippen molar-refractivity contribution in [3.63, 3.8) is 0 Å². The average Bonchev–Trinajstić information content (AvgIpc) is 3.18. The fourth-order valence-electron chi connectivity index (χ4n) is 2.82. The zero-order valence-electron chi connectivity index (χ0n) is 15.0. The minimum atomic E-state index is 0.365. The minimum absolute atomic E-state index is 0.365. The number of pyridine rings is 1. The molecule has 0 unspecified atom stereocenters. The van der Waals surface area contributed by atoms with Gasteiger partial charge >= 0.3 is 0 Å². The number of nitrogen functional groups attached to an aromatic ring is 1. The highest BCUT2D eigenvalue weighted by Gasteiger charge is 2.12. The summed E-state index contributed by atoms with van der Waals surface area (Å²) in [7, 11) is 0. The van der Waals surface area contributed by atoms with Gasteiger partial charge in [0, 0.05) is 24.2 Å². The molecule has 0 saturated carbocycles. The van der Waals surface area contributed by atoms with Gasteiger partial charge in [0.1, 0.15) is 29.6 Å². The van der Waals surface area contributed by atoms with Crippen LogP contribution in [0, 0.1) is 0 Å². The van der Waals surface area contributed by atoms with E-state index in [-0.39, 0.29) is 0 Å². The molecule has 0 aliphatic heterocycles. The second-order valence-corrected chi connectivity index (χ2v) is 6.80. The van der Waals surface area contributed by atoms with Crippen LogP contribution in [0.5, 0.6) is 5.75 Å². The summed E-state index contributed by atoms with van der Waals surface area (Å²) in [6, 6.07) is 21.6. The summed E-state index contributed by atoms with van der Waals surface area (Å²) in [5, 5.41) is 4.59. The Hall–Kier alpha value is -3.31. The fraction of sp³-hybridized carbons (Fsp3) is 0.0909. The Balaban J connectivity index is 1.41. The van der Waals surface area contributed by atoms with E-state index in [9.17, 15) is 0 Å². The van der Waals surface area contributed by atoms with Gasteiger partial charge in [0.15, 0.2) is 0 Å². The summed E-state index contributed by atoms with van der Waals surface area (Å²) >= 11 is 5.99. The number of aromatic nitrogens is 2. The van der Waals surface area contributed by atoms with Crippen molar-refractivity contribution >= 4 is 17.4 Å². The van der Waals surface area contributed by atoms with Crippen molar-refractivity contribution in [1.82, 2.24) is 10.1 Å². The van der Waals surface area contributed by atoms with E-state index in [1.807, 2.05) is 60.7 Å². The van der Waals surface area contributed by atoms with Gasteiger partial charge in [-0.05, 0) is 29.3 Å². The number of benzene rings is 2. The lowest BCUT2D eigenvalue weighted by atomic mass is 10.1. The molecule has 2 N–H and O–H groups in total. The quantitative estimate of drug-likeness (QED) is 0.492. The molecule has 0 amide bonds. The Bertz CT molecular complexity index is 1060. The summed E-state index contributed by atoms with van der Waals surface area (Å²) in [5.74, 6) is 1.92. The second-order valence-electron chi connectivity index (χ2n) is 6.36. The average molecular weight is 392 g/mol. The lowest BCUT2D eigenvalue weighted by Gasteiger charge is -2.07. The van der Waals surface area contributed by atoms with Gasteiger partial charge in [-0.15, -0.1) is 0 Å². The zero-order chi connectivity index (χ0) is 19.3. The smallest absolute Gasteiger partial charge is 0.141 e. The molecule has 0 saturated heterocycles. The summed E-state index contributed by atoms with van der Waals surface area (Å²) in [5.41, 5.74) is 9.41. The molecule has 2 heterocycles. The molecule has 0 aliphatic carbocycles. The van der Waals surface area contributed by atoms with Crippen molar-refractivity contribution < 1.29 is 9.26 Å². The van der Waals surface area contributed by atoms with Crippen LogP contribution in [-0.4, -0.2) is 10.1 Å². The molecule has 2 aromatic heterocycles.